The van der Waals surface area contributed by atoms with Crippen LogP contribution in [0, 0.1) is 5.41 Å². The Morgan fingerprint density at radius 3 is 2.94 bits per heavy atom. The van der Waals surface area contributed by atoms with Crippen LogP contribution >= 0.6 is 0 Å². The molecule has 2 aliphatic rings. The first-order valence-corrected chi connectivity index (χ1v) is 6.37. The zero-order valence-electron chi connectivity index (χ0n) is 10.5. The molecule has 0 nitrogen and oxygen atoms in total. The van der Waals surface area contributed by atoms with Crippen molar-refractivity contribution in [3.63, 3.8) is 0 Å². The highest BCUT2D eigenvalue weighted by Gasteiger charge is 2.12. The zero-order valence-corrected chi connectivity index (χ0v) is 10.5. The topological polar surface area (TPSA) is 0 Å². The third-order valence-electron chi connectivity index (χ3n) is 3.59. The molecule has 0 atom stereocenters. The number of fused-ring (bicyclic) bond motifs is 3. The van der Waals surface area contributed by atoms with Crippen LogP contribution in [0.1, 0.15) is 31.4 Å². The van der Waals surface area contributed by atoms with Crippen LogP contribution < -0.4 is 10.4 Å². The number of benzene rings is 1. The number of hydrogen-bond donors (Lipinski definition) is 0. The fourth-order valence-electron chi connectivity index (χ4n) is 2.71. The van der Waals surface area contributed by atoms with Crippen molar-refractivity contribution in [1.82, 2.24) is 0 Å². The Labute approximate surface area is 103 Å². The molecule has 0 heterocycles. The summed E-state index contributed by atoms with van der Waals surface area (Å²) in [5, 5.41) is 2.76. The molecule has 17 heavy (non-hydrogen) atoms. The van der Waals surface area contributed by atoms with Crippen molar-refractivity contribution >= 4 is 18.2 Å². The maximum absolute atomic E-state index is 2.37. The fraction of sp³-hybridized carbons (Fsp3) is 0.294. The minimum atomic E-state index is 0.147. The Morgan fingerprint density at radius 2 is 2.06 bits per heavy atom. The quantitative estimate of drug-likeness (QED) is 0.633. The molecule has 0 saturated carbocycles. The average molecular weight is 222 g/mol. The monoisotopic (exact) mass is 222 g/mol. The third kappa shape index (κ3) is 1.88. The van der Waals surface area contributed by atoms with Crippen molar-refractivity contribution in [3.05, 3.63) is 51.9 Å². The van der Waals surface area contributed by atoms with Crippen molar-refractivity contribution in [3.8, 4) is 0 Å². The number of hydrogen-bond acceptors (Lipinski definition) is 0. The first-order valence-electron chi connectivity index (χ1n) is 6.37. The van der Waals surface area contributed by atoms with E-state index in [1.54, 1.807) is 0 Å². The van der Waals surface area contributed by atoms with Gasteiger partial charge in [0.1, 0.15) is 0 Å². The van der Waals surface area contributed by atoms with Crippen LogP contribution in [-0.2, 0) is 6.42 Å². The lowest BCUT2D eigenvalue weighted by Crippen LogP contribution is -2.30. The molecule has 0 bridgehead atoms. The van der Waals surface area contributed by atoms with Gasteiger partial charge in [-0.2, -0.15) is 0 Å². The molecule has 3 rings (SSSR count). The summed E-state index contributed by atoms with van der Waals surface area (Å²) in [6.07, 6.45) is 16.0. The molecule has 0 saturated heterocycles. The second-order valence-electron chi connectivity index (χ2n) is 5.57. The molecule has 0 amide bonds. The van der Waals surface area contributed by atoms with Gasteiger partial charge in [0.05, 0.1) is 0 Å². The van der Waals surface area contributed by atoms with E-state index in [1.165, 1.54) is 34.4 Å². The van der Waals surface area contributed by atoms with E-state index in [1.807, 2.05) is 0 Å². The number of rotatable bonds is 0. The third-order valence-corrected chi connectivity index (χ3v) is 3.59. The van der Waals surface area contributed by atoms with Crippen molar-refractivity contribution in [2.75, 3.05) is 0 Å². The van der Waals surface area contributed by atoms with Gasteiger partial charge in [-0.05, 0) is 34.4 Å². The molecule has 0 unspecified atom stereocenters. The molecule has 0 heteroatoms. The van der Waals surface area contributed by atoms with E-state index in [0.717, 1.165) is 0 Å². The Hall–Kier alpha value is -1.56. The van der Waals surface area contributed by atoms with E-state index < -0.39 is 0 Å². The SMILES string of the molecule is CC1(C)C=CC=c2c3c(ccc2=C1)CCC=C3. The second-order valence-corrected chi connectivity index (χ2v) is 5.57. The average Bonchev–Trinajstić information content (AvgIpc) is 2.46. The van der Waals surface area contributed by atoms with Gasteiger partial charge in [0.2, 0.25) is 0 Å². The lowest BCUT2D eigenvalue weighted by atomic mass is 9.90. The van der Waals surface area contributed by atoms with Gasteiger partial charge in [-0.1, -0.05) is 62.4 Å². The Balaban J connectivity index is 2.37. The predicted octanol–water partition coefficient (Wildman–Crippen LogP) is 2.80. The second kappa shape index (κ2) is 3.73. The van der Waals surface area contributed by atoms with E-state index >= 15 is 0 Å². The Bertz CT molecular complexity index is 625. The van der Waals surface area contributed by atoms with Gasteiger partial charge >= 0.3 is 0 Å². The minimum Gasteiger partial charge on any atom is -0.0836 e. The van der Waals surface area contributed by atoms with Gasteiger partial charge in [0.25, 0.3) is 0 Å². The molecular formula is C17H18. The van der Waals surface area contributed by atoms with Crippen molar-refractivity contribution < 1.29 is 0 Å². The highest BCUT2D eigenvalue weighted by molar-refractivity contribution is 5.62. The molecule has 1 aromatic carbocycles. The van der Waals surface area contributed by atoms with Gasteiger partial charge in [0, 0.05) is 5.41 Å². The highest BCUT2D eigenvalue weighted by Crippen LogP contribution is 2.20. The van der Waals surface area contributed by atoms with Gasteiger partial charge in [-0.25, -0.2) is 0 Å². The summed E-state index contributed by atoms with van der Waals surface area (Å²) in [5.41, 5.74) is 3.06. The summed E-state index contributed by atoms with van der Waals surface area (Å²) in [4.78, 5) is 0. The Morgan fingerprint density at radius 1 is 1.18 bits per heavy atom. The summed E-state index contributed by atoms with van der Waals surface area (Å²) in [7, 11) is 0. The predicted molar refractivity (Wildman–Crippen MR) is 74.9 cm³/mol. The first kappa shape index (κ1) is 10.6. The van der Waals surface area contributed by atoms with Crippen LogP contribution in [0.2, 0.25) is 0 Å². The van der Waals surface area contributed by atoms with Crippen molar-refractivity contribution in [1.29, 1.82) is 0 Å². The van der Waals surface area contributed by atoms with E-state index in [2.05, 4.69) is 62.4 Å². The van der Waals surface area contributed by atoms with Crippen molar-refractivity contribution in [2.45, 2.75) is 26.7 Å². The van der Waals surface area contributed by atoms with Crippen LogP contribution in [0.15, 0.2) is 30.4 Å². The molecule has 0 fully saturated rings. The van der Waals surface area contributed by atoms with E-state index in [-0.39, 0.29) is 5.41 Å². The van der Waals surface area contributed by atoms with E-state index in [9.17, 15) is 0 Å². The van der Waals surface area contributed by atoms with Crippen LogP contribution in [0.5, 0.6) is 0 Å². The smallest absolute Gasteiger partial charge is 0.00167 e. The largest absolute Gasteiger partial charge is 0.0836 e. The summed E-state index contributed by atoms with van der Waals surface area (Å²) in [6.45, 7) is 4.50. The normalized spacial score (nSPS) is 19.6. The van der Waals surface area contributed by atoms with E-state index in [4.69, 9.17) is 0 Å². The zero-order chi connectivity index (χ0) is 11.9. The molecule has 0 aromatic heterocycles. The molecule has 0 N–H and O–H groups in total. The minimum absolute atomic E-state index is 0.147. The van der Waals surface area contributed by atoms with Gasteiger partial charge in [-0.3, -0.25) is 0 Å². The number of aryl methyl sites for hydroxylation is 1. The molecule has 0 radical (unpaired) electrons. The standard InChI is InChI=1S/C17H18/c1-17(2)11-5-8-16-14(12-17)10-9-13-6-3-4-7-15(13)16/h4-5,7-12H,3,6H2,1-2H3. The van der Waals surface area contributed by atoms with Crippen LogP contribution in [0.3, 0.4) is 0 Å². The lowest BCUT2D eigenvalue weighted by molar-refractivity contribution is 0.670. The van der Waals surface area contributed by atoms with Crippen LogP contribution in [0.25, 0.3) is 18.2 Å². The summed E-state index contributed by atoms with van der Waals surface area (Å²) in [6, 6.07) is 4.57. The summed E-state index contributed by atoms with van der Waals surface area (Å²) in [5.74, 6) is 0. The maximum Gasteiger partial charge on any atom is 0.00167 e. The van der Waals surface area contributed by atoms with Crippen LogP contribution in [-0.4, -0.2) is 0 Å². The summed E-state index contributed by atoms with van der Waals surface area (Å²) < 4.78 is 0. The fourth-order valence-corrected chi connectivity index (χ4v) is 2.71. The molecule has 1 aromatic rings. The van der Waals surface area contributed by atoms with Gasteiger partial charge in [-0.15, -0.1) is 0 Å². The number of allylic oxidation sites excluding steroid dienone is 3. The lowest BCUT2D eigenvalue weighted by Gasteiger charge is -2.14. The Kier molecular flexibility index (Phi) is 2.32. The van der Waals surface area contributed by atoms with Crippen LogP contribution in [0.4, 0.5) is 0 Å². The van der Waals surface area contributed by atoms with Gasteiger partial charge in [0.15, 0.2) is 0 Å². The molecular weight excluding hydrogens is 204 g/mol. The van der Waals surface area contributed by atoms with Gasteiger partial charge < -0.3 is 0 Å². The van der Waals surface area contributed by atoms with Crippen molar-refractivity contribution in [2.24, 2.45) is 5.41 Å². The molecule has 86 valence electrons. The van der Waals surface area contributed by atoms with E-state index in [0.29, 0.717) is 0 Å². The molecule has 0 spiro atoms. The first-order chi connectivity index (χ1) is 8.16. The summed E-state index contributed by atoms with van der Waals surface area (Å²) >= 11 is 0. The highest BCUT2D eigenvalue weighted by atomic mass is 14.2. The maximum atomic E-state index is 2.37. The molecule has 2 aliphatic carbocycles. The molecule has 0 aliphatic heterocycles.